The Morgan fingerprint density at radius 2 is 2.11 bits per heavy atom. The third-order valence-electron chi connectivity index (χ3n) is 4.68. The van der Waals surface area contributed by atoms with Crippen LogP contribution in [-0.4, -0.2) is 42.6 Å². The average molecular weight is 386 g/mol. The molecule has 0 aliphatic carbocycles. The maximum Gasteiger partial charge on any atom is 0.416 e. The monoisotopic (exact) mass is 386 g/mol. The first kappa shape index (κ1) is 21.7. The van der Waals surface area contributed by atoms with Crippen LogP contribution in [0, 0.1) is 0 Å². The Bertz CT molecular complexity index is 605. The Labute approximate surface area is 159 Å². The number of nitrogens with one attached hydrogen (secondary N) is 1. The molecule has 7 heteroatoms. The van der Waals surface area contributed by atoms with Crippen molar-refractivity contribution < 1.29 is 22.7 Å². The zero-order chi connectivity index (χ0) is 19.9. The van der Waals surface area contributed by atoms with Crippen LogP contribution < -0.4 is 5.32 Å². The van der Waals surface area contributed by atoms with E-state index in [1.54, 1.807) is 6.07 Å². The zero-order valence-electron chi connectivity index (χ0n) is 16.0. The molecule has 0 radical (unpaired) electrons. The molecule has 0 bridgehead atoms. The standard InChI is InChI=1S/C20H29F3N2O2/c1-15(2)27-12-4-11-25-18(7-8-19(25)26)9-10-24-14-16-5-3-6-17(13-16)20(21,22)23/h3,5-6,13,15,18,24H,4,7-12,14H2,1-2H3. The lowest BCUT2D eigenvalue weighted by molar-refractivity contribution is -0.137. The lowest BCUT2D eigenvalue weighted by atomic mass is 10.1. The van der Waals surface area contributed by atoms with E-state index < -0.39 is 11.7 Å². The number of hydrogen-bond donors (Lipinski definition) is 1. The van der Waals surface area contributed by atoms with Gasteiger partial charge in [-0.1, -0.05) is 18.2 Å². The molecule has 1 N–H and O–H groups in total. The smallest absolute Gasteiger partial charge is 0.379 e. The normalized spacial score (nSPS) is 17.9. The minimum Gasteiger partial charge on any atom is -0.379 e. The number of nitrogens with zero attached hydrogens (tertiary/aromatic N) is 1. The summed E-state index contributed by atoms with van der Waals surface area (Å²) in [6.45, 7) is 6.35. The molecule has 1 heterocycles. The molecule has 1 aromatic rings. The third-order valence-corrected chi connectivity index (χ3v) is 4.68. The first-order chi connectivity index (χ1) is 12.8. The maximum absolute atomic E-state index is 12.7. The summed E-state index contributed by atoms with van der Waals surface area (Å²) in [6.07, 6.45) is -1.10. The molecule has 152 valence electrons. The molecule has 4 nitrogen and oxygen atoms in total. The summed E-state index contributed by atoms with van der Waals surface area (Å²) in [5, 5.41) is 3.19. The van der Waals surface area contributed by atoms with E-state index >= 15 is 0 Å². The molecule has 1 aliphatic heterocycles. The van der Waals surface area contributed by atoms with E-state index in [1.165, 1.54) is 12.1 Å². The summed E-state index contributed by atoms with van der Waals surface area (Å²) in [5.41, 5.74) is -0.0204. The molecule has 1 saturated heterocycles. The van der Waals surface area contributed by atoms with E-state index in [2.05, 4.69) is 5.32 Å². The van der Waals surface area contributed by atoms with Crippen LogP contribution in [0.2, 0.25) is 0 Å². The topological polar surface area (TPSA) is 41.6 Å². The Morgan fingerprint density at radius 3 is 2.81 bits per heavy atom. The molecule has 1 aromatic carbocycles. The predicted molar refractivity (Wildman–Crippen MR) is 98.2 cm³/mol. The van der Waals surface area contributed by atoms with Crippen molar-refractivity contribution >= 4 is 5.91 Å². The van der Waals surface area contributed by atoms with Gasteiger partial charge in [-0.05, 0) is 51.3 Å². The van der Waals surface area contributed by atoms with Gasteiger partial charge in [-0.15, -0.1) is 0 Å². The summed E-state index contributed by atoms with van der Waals surface area (Å²) < 4.78 is 43.8. The van der Waals surface area contributed by atoms with Crippen LogP contribution in [0.3, 0.4) is 0 Å². The fourth-order valence-electron chi connectivity index (χ4n) is 3.31. The van der Waals surface area contributed by atoms with Crippen molar-refractivity contribution in [2.24, 2.45) is 0 Å². The van der Waals surface area contributed by atoms with Gasteiger partial charge < -0.3 is 15.0 Å². The third kappa shape index (κ3) is 7.14. The summed E-state index contributed by atoms with van der Waals surface area (Å²) in [7, 11) is 0. The van der Waals surface area contributed by atoms with Crippen molar-refractivity contribution in [3.63, 3.8) is 0 Å². The molecule has 1 aliphatic rings. The number of amides is 1. The van der Waals surface area contributed by atoms with E-state index in [4.69, 9.17) is 4.74 Å². The Morgan fingerprint density at radius 1 is 1.33 bits per heavy atom. The summed E-state index contributed by atoms with van der Waals surface area (Å²) in [4.78, 5) is 14.0. The van der Waals surface area contributed by atoms with E-state index in [1.807, 2.05) is 18.7 Å². The van der Waals surface area contributed by atoms with Gasteiger partial charge in [0.15, 0.2) is 0 Å². The van der Waals surface area contributed by atoms with Gasteiger partial charge in [-0.2, -0.15) is 13.2 Å². The fraction of sp³-hybridized carbons (Fsp3) is 0.650. The summed E-state index contributed by atoms with van der Waals surface area (Å²) in [5.74, 6) is 0.183. The molecule has 1 fully saturated rings. The van der Waals surface area contributed by atoms with Gasteiger partial charge in [0.05, 0.1) is 11.7 Å². The second-order valence-electron chi connectivity index (χ2n) is 7.22. The highest BCUT2D eigenvalue weighted by molar-refractivity contribution is 5.78. The van der Waals surface area contributed by atoms with Crippen LogP contribution in [0.5, 0.6) is 0 Å². The first-order valence-electron chi connectivity index (χ1n) is 9.55. The number of rotatable bonds is 10. The predicted octanol–water partition coefficient (Wildman–Crippen LogP) is 3.99. The van der Waals surface area contributed by atoms with E-state index in [-0.39, 0.29) is 18.1 Å². The molecule has 1 unspecified atom stereocenters. The Hall–Kier alpha value is -1.60. The molecule has 2 rings (SSSR count). The van der Waals surface area contributed by atoms with Crippen molar-refractivity contribution in [2.45, 2.75) is 64.4 Å². The van der Waals surface area contributed by atoms with Crippen molar-refractivity contribution in [2.75, 3.05) is 19.7 Å². The first-order valence-corrected chi connectivity index (χ1v) is 9.55. The van der Waals surface area contributed by atoms with Crippen LogP contribution in [0.15, 0.2) is 24.3 Å². The molecular weight excluding hydrogens is 357 g/mol. The fourth-order valence-corrected chi connectivity index (χ4v) is 3.31. The molecular formula is C20H29F3N2O2. The number of hydrogen-bond acceptors (Lipinski definition) is 3. The summed E-state index contributed by atoms with van der Waals surface area (Å²) >= 11 is 0. The van der Waals surface area contributed by atoms with Gasteiger partial charge in [0, 0.05) is 32.2 Å². The average Bonchev–Trinajstić information content (AvgIpc) is 2.95. The van der Waals surface area contributed by atoms with Gasteiger partial charge >= 0.3 is 6.18 Å². The number of carbonyl (C=O) groups is 1. The van der Waals surface area contributed by atoms with E-state index in [0.717, 1.165) is 25.3 Å². The molecule has 0 spiro atoms. The second-order valence-corrected chi connectivity index (χ2v) is 7.22. The quantitative estimate of drug-likeness (QED) is 0.618. The van der Waals surface area contributed by atoms with Crippen LogP contribution in [0.4, 0.5) is 13.2 Å². The van der Waals surface area contributed by atoms with Crippen molar-refractivity contribution in [3.05, 3.63) is 35.4 Å². The number of likely N-dealkylation sites (tertiary alicyclic amines) is 1. The molecule has 0 saturated carbocycles. The lowest BCUT2D eigenvalue weighted by Gasteiger charge is -2.25. The van der Waals surface area contributed by atoms with Crippen molar-refractivity contribution in [3.8, 4) is 0 Å². The van der Waals surface area contributed by atoms with Crippen LogP contribution in [0.25, 0.3) is 0 Å². The van der Waals surface area contributed by atoms with Gasteiger partial charge in [0.1, 0.15) is 0 Å². The molecule has 1 atom stereocenters. The number of carbonyl (C=O) groups excluding carboxylic acids is 1. The van der Waals surface area contributed by atoms with Gasteiger partial charge in [0.2, 0.25) is 5.91 Å². The highest BCUT2D eigenvalue weighted by atomic mass is 19.4. The maximum atomic E-state index is 12.7. The van der Waals surface area contributed by atoms with Gasteiger partial charge in [-0.25, -0.2) is 0 Å². The lowest BCUT2D eigenvalue weighted by Crippen LogP contribution is -2.36. The number of ether oxygens (including phenoxy) is 1. The van der Waals surface area contributed by atoms with E-state index in [0.29, 0.717) is 38.2 Å². The summed E-state index contributed by atoms with van der Waals surface area (Å²) in [6, 6.07) is 5.56. The van der Waals surface area contributed by atoms with Gasteiger partial charge in [0.25, 0.3) is 0 Å². The van der Waals surface area contributed by atoms with E-state index in [9.17, 15) is 18.0 Å². The SMILES string of the molecule is CC(C)OCCCN1C(=O)CCC1CCNCc1cccc(C(F)(F)F)c1. The second kappa shape index (κ2) is 10.1. The van der Waals surface area contributed by atoms with Crippen LogP contribution in [-0.2, 0) is 22.3 Å². The number of alkyl halides is 3. The van der Waals surface area contributed by atoms with Crippen LogP contribution >= 0.6 is 0 Å². The molecule has 0 aromatic heterocycles. The molecule has 1 amide bonds. The minimum absolute atomic E-state index is 0.183. The highest BCUT2D eigenvalue weighted by Gasteiger charge is 2.31. The van der Waals surface area contributed by atoms with Crippen LogP contribution in [0.1, 0.15) is 50.7 Å². The van der Waals surface area contributed by atoms with Crippen molar-refractivity contribution in [1.82, 2.24) is 10.2 Å². The molecule has 27 heavy (non-hydrogen) atoms. The Balaban J connectivity index is 1.73. The number of halogens is 3. The Kier molecular flexibility index (Phi) is 8.10. The van der Waals surface area contributed by atoms with Gasteiger partial charge in [-0.3, -0.25) is 4.79 Å². The zero-order valence-corrected chi connectivity index (χ0v) is 16.0. The number of benzene rings is 1. The highest BCUT2D eigenvalue weighted by Crippen LogP contribution is 2.29. The largest absolute Gasteiger partial charge is 0.416 e. The minimum atomic E-state index is -4.32. The van der Waals surface area contributed by atoms with Crippen molar-refractivity contribution in [1.29, 1.82) is 0 Å².